The molecule has 0 saturated carbocycles. The zero-order valence-corrected chi connectivity index (χ0v) is 18.9. The molecule has 6 nitrogen and oxygen atoms in total. The van der Waals surface area contributed by atoms with Crippen molar-refractivity contribution in [1.29, 1.82) is 0 Å². The minimum absolute atomic E-state index is 0.107. The van der Waals surface area contributed by atoms with Crippen molar-refractivity contribution in [1.82, 2.24) is 4.98 Å². The molecule has 2 aromatic carbocycles. The first kappa shape index (κ1) is 22.4. The van der Waals surface area contributed by atoms with Gasteiger partial charge in [0.2, 0.25) is 5.78 Å². The maximum Gasteiger partial charge on any atom is 0.302 e. The zero-order valence-electron chi connectivity index (χ0n) is 15.8. The summed E-state index contributed by atoms with van der Waals surface area (Å²) < 4.78 is 4.93. The van der Waals surface area contributed by atoms with Crippen LogP contribution in [-0.2, 0) is 9.53 Å². The number of nitrogens with one attached hydrogen (secondary N) is 1. The lowest BCUT2D eigenvalue weighted by Gasteiger charge is -2.06. The number of aromatic nitrogens is 1. The Morgan fingerprint density at radius 2 is 1.90 bits per heavy atom. The molecule has 1 heterocycles. The Bertz CT molecular complexity index is 1070. The van der Waals surface area contributed by atoms with Gasteiger partial charge in [0.05, 0.1) is 15.6 Å². The lowest BCUT2D eigenvalue weighted by molar-refractivity contribution is -0.140. The topological polar surface area (TPSA) is 94.3 Å². The highest BCUT2D eigenvalue weighted by atomic mass is 35.5. The van der Waals surface area contributed by atoms with E-state index in [-0.39, 0.29) is 38.1 Å². The molecule has 0 bridgehead atoms. The second kappa shape index (κ2) is 10.2. The Morgan fingerprint density at radius 3 is 2.60 bits per heavy atom. The first-order valence-electron chi connectivity index (χ1n) is 8.73. The number of thiazole rings is 1. The Morgan fingerprint density at radius 1 is 1.20 bits per heavy atom. The van der Waals surface area contributed by atoms with E-state index in [1.54, 1.807) is 30.0 Å². The molecule has 0 saturated heterocycles. The Hall–Kier alpha value is -2.26. The van der Waals surface area contributed by atoms with Gasteiger partial charge < -0.3 is 15.8 Å². The molecule has 0 aliphatic rings. The van der Waals surface area contributed by atoms with Crippen molar-refractivity contribution in [3.05, 3.63) is 63.0 Å². The number of rotatable bonds is 8. The van der Waals surface area contributed by atoms with Gasteiger partial charge in [-0.3, -0.25) is 9.59 Å². The molecule has 3 aromatic rings. The van der Waals surface area contributed by atoms with Crippen LogP contribution in [0.25, 0.3) is 0 Å². The van der Waals surface area contributed by atoms with Crippen LogP contribution in [0.5, 0.6) is 0 Å². The van der Waals surface area contributed by atoms with Gasteiger partial charge in [-0.2, -0.15) is 0 Å². The lowest BCUT2D eigenvalue weighted by atomic mass is 10.1. The predicted octanol–water partition coefficient (Wildman–Crippen LogP) is 5.66. The van der Waals surface area contributed by atoms with E-state index in [1.807, 2.05) is 24.3 Å². The number of esters is 1. The molecule has 10 heteroatoms. The smallest absolute Gasteiger partial charge is 0.302 e. The normalized spacial score (nSPS) is 10.6. The number of ether oxygens (including phenoxy) is 1. The number of hydrogen-bond donors (Lipinski definition) is 2. The maximum atomic E-state index is 12.9. The molecule has 0 spiro atoms. The standard InChI is InChI=1S/C20H17Cl2N3O3S2/c1-11(26)28-8-9-29-13-5-2-4-12(10-13)24-20-25-19(23)18(30-20)17(27)16-14(21)6-3-7-15(16)22/h2-7,10H,8-9,23H2,1H3,(H,24,25). The van der Waals surface area contributed by atoms with Gasteiger partial charge in [-0.25, -0.2) is 4.98 Å². The van der Waals surface area contributed by atoms with Gasteiger partial charge in [0.15, 0.2) is 5.13 Å². The Balaban J connectivity index is 1.72. The number of anilines is 3. The summed E-state index contributed by atoms with van der Waals surface area (Å²) in [6.45, 7) is 1.73. The number of ketones is 1. The van der Waals surface area contributed by atoms with Crippen molar-refractivity contribution in [2.24, 2.45) is 0 Å². The molecule has 0 unspecified atom stereocenters. The third kappa shape index (κ3) is 5.66. The minimum atomic E-state index is -0.372. The van der Waals surface area contributed by atoms with Crippen molar-refractivity contribution in [2.45, 2.75) is 11.8 Å². The summed E-state index contributed by atoms with van der Waals surface area (Å²) >= 11 is 15.0. The van der Waals surface area contributed by atoms with E-state index >= 15 is 0 Å². The Kier molecular flexibility index (Phi) is 7.60. The van der Waals surface area contributed by atoms with Gasteiger partial charge in [-0.05, 0) is 30.3 Å². The highest BCUT2D eigenvalue weighted by molar-refractivity contribution is 7.99. The number of carbonyl (C=O) groups is 2. The van der Waals surface area contributed by atoms with Crippen molar-refractivity contribution in [2.75, 3.05) is 23.4 Å². The van der Waals surface area contributed by atoms with Crippen LogP contribution in [0.3, 0.4) is 0 Å². The molecule has 156 valence electrons. The monoisotopic (exact) mass is 481 g/mol. The fourth-order valence-electron chi connectivity index (χ4n) is 2.51. The third-order valence-electron chi connectivity index (χ3n) is 3.79. The van der Waals surface area contributed by atoms with E-state index in [0.29, 0.717) is 17.5 Å². The summed E-state index contributed by atoms with van der Waals surface area (Å²) in [7, 11) is 0. The summed E-state index contributed by atoms with van der Waals surface area (Å²) in [5.41, 5.74) is 6.97. The zero-order chi connectivity index (χ0) is 21.7. The summed E-state index contributed by atoms with van der Waals surface area (Å²) in [6.07, 6.45) is 0. The van der Waals surface area contributed by atoms with Crippen molar-refractivity contribution in [3.63, 3.8) is 0 Å². The van der Waals surface area contributed by atoms with Crippen LogP contribution in [0.1, 0.15) is 22.2 Å². The van der Waals surface area contributed by atoms with E-state index < -0.39 is 0 Å². The van der Waals surface area contributed by atoms with Gasteiger partial charge in [-0.15, -0.1) is 11.8 Å². The van der Waals surface area contributed by atoms with Crippen LogP contribution in [0.15, 0.2) is 47.4 Å². The number of nitrogens with zero attached hydrogens (tertiary/aromatic N) is 1. The number of hydrogen-bond acceptors (Lipinski definition) is 8. The molecular weight excluding hydrogens is 465 g/mol. The highest BCUT2D eigenvalue weighted by Crippen LogP contribution is 2.34. The lowest BCUT2D eigenvalue weighted by Crippen LogP contribution is -2.04. The molecular formula is C20H17Cl2N3O3S2. The van der Waals surface area contributed by atoms with Crippen molar-refractivity contribution >= 4 is 74.7 Å². The quantitative estimate of drug-likeness (QED) is 0.185. The molecule has 3 rings (SSSR count). The largest absolute Gasteiger partial charge is 0.465 e. The predicted molar refractivity (Wildman–Crippen MR) is 124 cm³/mol. The number of carbonyl (C=O) groups excluding carboxylic acids is 2. The van der Waals surface area contributed by atoms with Crippen molar-refractivity contribution < 1.29 is 14.3 Å². The number of halogens is 2. The average Bonchev–Trinajstić information content (AvgIpc) is 3.05. The third-order valence-corrected chi connectivity index (χ3v) is 6.37. The molecule has 3 N–H and O–H groups in total. The van der Waals surface area contributed by atoms with Gasteiger partial charge >= 0.3 is 5.97 Å². The Labute approximate surface area is 191 Å². The van der Waals surface area contributed by atoms with Gasteiger partial charge in [0.25, 0.3) is 0 Å². The fourth-order valence-corrected chi connectivity index (χ4v) is 4.72. The van der Waals surface area contributed by atoms with Crippen LogP contribution in [0.2, 0.25) is 10.0 Å². The van der Waals surface area contributed by atoms with E-state index in [0.717, 1.165) is 21.9 Å². The summed E-state index contributed by atoms with van der Waals surface area (Å²) in [6, 6.07) is 12.5. The molecule has 0 aliphatic carbocycles. The molecule has 0 aliphatic heterocycles. The van der Waals surface area contributed by atoms with Crippen LogP contribution in [0.4, 0.5) is 16.6 Å². The van der Waals surface area contributed by atoms with Crippen LogP contribution >= 0.6 is 46.3 Å². The van der Waals surface area contributed by atoms with Gasteiger partial charge in [-0.1, -0.05) is 46.7 Å². The fraction of sp³-hybridized carbons (Fsp3) is 0.150. The number of thioether (sulfide) groups is 1. The van der Waals surface area contributed by atoms with Gasteiger partial charge in [0.1, 0.15) is 17.3 Å². The van der Waals surface area contributed by atoms with E-state index in [1.165, 1.54) is 6.92 Å². The number of nitrogen functional groups attached to an aromatic ring is 1. The second-order valence-corrected chi connectivity index (χ2v) is 8.98. The molecule has 0 atom stereocenters. The molecule has 30 heavy (non-hydrogen) atoms. The summed E-state index contributed by atoms with van der Waals surface area (Å²) in [4.78, 5) is 29.2. The molecule has 1 aromatic heterocycles. The average molecular weight is 482 g/mol. The van der Waals surface area contributed by atoms with Crippen LogP contribution in [-0.4, -0.2) is 29.1 Å². The first-order chi connectivity index (χ1) is 14.3. The van der Waals surface area contributed by atoms with Crippen molar-refractivity contribution in [3.8, 4) is 0 Å². The minimum Gasteiger partial charge on any atom is -0.465 e. The number of nitrogens with two attached hydrogens (primary N) is 1. The first-order valence-corrected chi connectivity index (χ1v) is 11.3. The van der Waals surface area contributed by atoms with Crippen LogP contribution < -0.4 is 11.1 Å². The van der Waals surface area contributed by atoms with E-state index in [4.69, 9.17) is 33.7 Å². The molecule has 0 amide bonds. The summed E-state index contributed by atoms with van der Waals surface area (Å²) in [5, 5.41) is 4.15. The SMILES string of the molecule is CC(=O)OCCSc1cccc(Nc2nc(N)c(C(=O)c3c(Cl)cccc3Cl)s2)c1. The summed E-state index contributed by atoms with van der Waals surface area (Å²) in [5.74, 6) is 0.0828. The molecule has 0 radical (unpaired) electrons. The van der Waals surface area contributed by atoms with E-state index in [9.17, 15) is 9.59 Å². The maximum absolute atomic E-state index is 12.9. The molecule has 0 fully saturated rings. The number of benzene rings is 2. The van der Waals surface area contributed by atoms with Gasteiger partial charge in [0, 0.05) is 23.3 Å². The highest BCUT2D eigenvalue weighted by Gasteiger charge is 2.22. The van der Waals surface area contributed by atoms with Crippen LogP contribution in [0, 0.1) is 0 Å². The second-order valence-electron chi connectivity index (χ2n) is 6.00. The van der Waals surface area contributed by atoms with E-state index in [2.05, 4.69) is 10.3 Å².